The molecule has 7 nitrogen and oxygen atoms in total. The number of para-hydroxylation sites is 1. The summed E-state index contributed by atoms with van der Waals surface area (Å²) in [5.41, 5.74) is 0.933. The summed E-state index contributed by atoms with van der Waals surface area (Å²) in [5.74, 6) is -1.55. The summed E-state index contributed by atoms with van der Waals surface area (Å²) in [6.07, 6.45) is 4.17. The van der Waals surface area contributed by atoms with Crippen LogP contribution in [0.15, 0.2) is 35.9 Å². The van der Waals surface area contributed by atoms with Crippen LogP contribution in [0.5, 0.6) is 0 Å². The minimum absolute atomic E-state index is 0.0409. The summed E-state index contributed by atoms with van der Waals surface area (Å²) in [5, 5.41) is 13.9. The van der Waals surface area contributed by atoms with Crippen LogP contribution in [0.3, 0.4) is 0 Å². The quantitative estimate of drug-likeness (QED) is 0.588. The number of hydrogen-bond donors (Lipinski definition) is 2. The SMILES string of the molecule is CC(=O)O[C@]1(C)CO[C@@]23CC[C@@]4(C)[C@@]5(C)c6[nH]c7ccccc7c6C[C@H]5CC[C@]4(O)C2=CC(=O)[C@H]1O3. The van der Waals surface area contributed by atoms with Crippen LogP contribution in [-0.4, -0.2) is 51.5 Å². The molecule has 2 aliphatic heterocycles. The Hall–Kier alpha value is -2.48. The number of aromatic nitrogens is 1. The number of benzene rings is 1. The van der Waals surface area contributed by atoms with Gasteiger partial charge >= 0.3 is 5.97 Å². The van der Waals surface area contributed by atoms with E-state index in [4.69, 9.17) is 14.2 Å². The molecule has 0 unspecified atom stereocenters. The Balaban J connectivity index is 1.36. The number of rotatable bonds is 1. The van der Waals surface area contributed by atoms with Gasteiger partial charge in [0, 0.05) is 46.3 Å². The molecule has 2 aromatic rings. The molecule has 2 N–H and O–H groups in total. The molecule has 3 aliphatic carbocycles. The number of carbonyl (C=O) groups is 2. The van der Waals surface area contributed by atoms with Crippen molar-refractivity contribution in [1.82, 2.24) is 4.98 Å². The molecule has 1 spiro atoms. The number of esters is 1. The van der Waals surface area contributed by atoms with E-state index >= 15 is 0 Å². The third kappa shape index (κ3) is 2.40. The third-order valence-corrected chi connectivity index (χ3v) is 10.7. The zero-order valence-corrected chi connectivity index (χ0v) is 21.3. The number of fused-ring (bicyclic) bond motifs is 9. The van der Waals surface area contributed by atoms with Crippen LogP contribution in [0.4, 0.5) is 0 Å². The largest absolute Gasteiger partial charge is 0.454 e. The van der Waals surface area contributed by atoms with Gasteiger partial charge in [0.15, 0.2) is 23.3 Å². The van der Waals surface area contributed by atoms with Gasteiger partial charge in [0.05, 0.1) is 12.2 Å². The first-order valence-electron chi connectivity index (χ1n) is 13.1. The van der Waals surface area contributed by atoms with E-state index in [0.717, 1.165) is 18.4 Å². The van der Waals surface area contributed by atoms with Gasteiger partial charge in [0.25, 0.3) is 0 Å². The van der Waals surface area contributed by atoms with Crippen molar-refractivity contribution in [2.45, 2.75) is 88.3 Å². The lowest BCUT2D eigenvalue weighted by Crippen LogP contribution is -2.74. The molecule has 7 rings (SSSR count). The van der Waals surface area contributed by atoms with E-state index in [0.29, 0.717) is 30.8 Å². The van der Waals surface area contributed by atoms with E-state index in [9.17, 15) is 14.7 Å². The van der Waals surface area contributed by atoms with Gasteiger partial charge < -0.3 is 24.3 Å². The number of nitrogens with one attached hydrogen (secondary N) is 1. The standard InChI is InChI=1S/C29H33NO6/c1-16(31)35-25(2)15-34-29-12-11-26(3)27(4)17(13-19-18-7-5-6-8-20(18)30-23(19)27)9-10-28(26,33)22(29)14-21(32)24(25)36-29/h5-8,14,17,24,30,33H,9-13,15H2,1-4H3/t17-,24-,25-,26+,27-,28+,29-/m1/s1. The average Bonchev–Trinajstić information content (AvgIpc) is 3.34. The minimum atomic E-state index is -1.27. The Bertz CT molecular complexity index is 1380. The Morgan fingerprint density at radius 3 is 2.72 bits per heavy atom. The van der Waals surface area contributed by atoms with E-state index in [1.54, 1.807) is 13.0 Å². The summed E-state index contributed by atoms with van der Waals surface area (Å²) >= 11 is 0. The number of H-pyrrole nitrogens is 1. The molecule has 0 radical (unpaired) electrons. The highest BCUT2D eigenvalue weighted by Gasteiger charge is 2.74. The van der Waals surface area contributed by atoms with E-state index in [-0.39, 0.29) is 17.8 Å². The molecule has 2 bridgehead atoms. The molecule has 7 heteroatoms. The van der Waals surface area contributed by atoms with Gasteiger partial charge in [0.2, 0.25) is 0 Å². The molecule has 3 heterocycles. The molecule has 7 atom stereocenters. The van der Waals surface area contributed by atoms with Crippen molar-refractivity contribution in [3.63, 3.8) is 0 Å². The van der Waals surface area contributed by atoms with Gasteiger partial charge in [-0.3, -0.25) is 9.59 Å². The van der Waals surface area contributed by atoms with Crippen LogP contribution in [0.1, 0.15) is 64.6 Å². The molecule has 36 heavy (non-hydrogen) atoms. The number of ether oxygens (including phenoxy) is 3. The van der Waals surface area contributed by atoms with Crippen LogP contribution in [-0.2, 0) is 35.6 Å². The number of carbonyl (C=O) groups excluding carboxylic acids is 2. The first kappa shape index (κ1) is 22.7. The van der Waals surface area contributed by atoms with Crippen molar-refractivity contribution in [3.8, 4) is 0 Å². The van der Waals surface area contributed by atoms with Crippen molar-refractivity contribution >= 4 is 22.7 Å². The van der Waals surface area contributed by atoms with Crippen molar-refractivity contribution < 1.29 is 28.9 Å². The third-order valence-electron chi connectivity index (χ3n) is 10.7. The molecular formula is C29H33NO6. The van der Waals surface area contributed by atoms with E-state index in [1.807, 2.05) is 6.07 Å². The Morgan fingerprint density at radius 2 is 1.94 bits per heavy atom. The van der Waals surface area contributed by atoms with Gasteiger partial charge in [-0.1, -0.05) is 32.0 Å². The molecule has 1 aromatic carbocycles. The molecule has 5 aliphatic rings. The van der Waals surface area contributed by atoms with Crippen LogP contribution < -0.4 is 0 Å². The second kappa shape index (κ2) is 6.69. The summed E-state index contributed by atoms with van der Waals surface area (Å²) in [7, 11) is 0. The number of aliphatic hydroxyl groups is 1. The van der Waals surface area contributed by atoms with Crippen molar-refractivity contribution in [3.05, 3.63) is 47.2 Å². The molecule has 1 saturated heterocycles. The molecule has 3 fully saturated rings. The smallest absolute Gasteiger partial charge is 0.303 e. The maximum absolute atomic E-state index is 13.4. The van der Waals surface area contributed by atoms with Gasteiger partial charge in [-0.05, 0) is 56.2 Å². The lowest BCUT2D eigenvalue weighted by atomic mass is 9.42. The number of ketones is 1. The van der Waals surface area contributed by atoms with Crippen molar-refractivity contribution in [2.24, 2.45) is 11.3 Å². The van der Waals surface area contributed by atoms with Crippen LogP contribution in [0.2, 0.25) is 0 Å². The van der Waals surface area contributed by atoms with Crippen molar-refractivity contribution in [1.29, 1.82) is 0 Å². The first-order chi connectivity index (χ1) is 17.0. The summed E-state index contributed by atoms with van der Waals surface area (Å²) in [6.45, 7) is 7.52. The van der Waals surface area contributed by atoms with Crippen LogP contribution in [0.25, 0.3) is 10.9 Å². The summed E-state index contributed by atoms with van der Waals surface area (Å²) in [6, 6.07) is 8.43. The Morgan fingerprint density at radius 1 is 1.17 bits per heavy atom. The maximum atomic E-state index is 13.4. The Labute approximate surface area is 210 Å². The zero-order chi connectivity index (χ0) is 25.3. The molecule has 2 saturated carbocycles. The van der Waals surface area contributed by atoms with Gasteiger partial charge in [-0.25, -0.2) is 0 Å². The molecule has 190 valence electrons. The second-order valence-corrected chi connectivity index (χ2v) is 12.3. The fraction of sp³-hybridized carbons (Fsp3) is 0.586. The van der Waals surface area contributed by atoms with Crippen molar-refractivity contribution in [2.75, 3.05) is 6.61 Å². The van der Waals surface area contributed by atoms with E-state index < -0.39 is 34.5 Å². The topological polar surface area (TPSA) is 97.9 Å². The fourth-order valence-corrected chi connectivity index (χ4v) is 8.65. The van der Waals surface area contributed by atoms with Gasteiger partial charge in [-0.2, -0.15) is 0 Å². The molecular weight excluding hydrogens is 458 g/mol. The lowest BCUT2D eigenvalue weighted by molar-refractivity contribution is -0.350. The zero-order valence-electron chi connectivity index (χ0n) is 21.3. The van der Waals surface area contributed by atoms with Crippen LogP contribution >= 0.6 is 0 Å². The normalized spacial score (nSPS) is 44.8. The van der Waals surface area contributed by atoms with Gasteiger partial charge in [0.1, 0.15) is 0 Å². The summed E-state index contributed by atoms with van der Waals surface area (Å²) in [4.78, 5) is 28.9. The molecule has 0 amide bonds. The lowest BCUT2D eigenvalue weighted by Gasteiger charge is -2.67. The maximum Gasteiger partial charge on any atom is 0.303 e. The summed E-state index contributed by atoms with van der Waals surface area (Å²) < 4.78 is 18.2. The highest BCUT2D eigenvalue weighted by molar-refractivity contribution is 5.97. The predicted octanol–water partition coefficient (Wildman–Crippen LogP) is 3.87. The highest BCUT2D eigenvalue weighted by Crippen LogP contribution is 2.71. The predicted molar refractivity (Wildman–Crippen MR) is 131 cm³/mol. The number of aromatic amines is 1. The van der Waals surface area contributed by atoms with E-state index in [2.05, 4.69) is 37.0 Å². The van der Waals surface area contributed by atoms with Gasteiger partial charge in [-0.15, -0.1) is 0 Å². The monoisotopic (exact) mass is 491 g/mol. The minimum Gasteiger partial charge on any atom is -0.454 e. The first-order valence-corrected chi connectivity index (χ1v) is 13.1. The van der Waals surface area contributed by atoms with Crippen LogP contribution in [0, 0.1) is 11.3 Å². The highest BCUT2D eigenvalue weighted by atomic mass is 16.7. The second-order valence-electron chi connectivity index (χ2n) is 12.3. The Kier molecular flexibility index (Phi) is 4.21. The fourth-order valence-electron chi connectivity index (χ4n) is 8.65. The number of hydrogen-bond acceptors (Lipinski definition) is 6. The average molecular weight is 492 g/mol. The van der Waals surface area contributed by atoms with E-state index in [1.165, 1.54) is 23.6 Å². The molecule has 1 aromatic heterocycles.